The molecule has 3 heterocycles. The van der Waals surface area contributed by atoms with Gasteiger partial charge in [0, 0.05) is 36.9 Å². The van der Waals surface area contributed by atoms with Crippen LogP contribution in [0.4, 0.5) is 10.1 Å². The number of nitrogens with zero attached hydrogens (tertiary/aromatic N) is 2. The molecule has 0 aliphatic carbocycles. The molecule has 33 heavy (non-hydrogen) atoms. The molecule has 1 saturated heterocycles. The molecule has 2 aliphatic rings. The second-order valence-corrected chi connectivity index (χ2v) is 8.46. The van der Waals surface area contributed by atoms with Gasteiger partial charge in [0.15, 0.2) is 5.58 Å². The Hall–Kier alpha value is -3.75. The fraction of sp³-hybridized carbons (Fsp3) is 0.333. The van der Waals surface area contributed by atoms with E-state index in [4.69, 9.17) is 4.52 Å². The molecule has 1 fully saturated rings. The summed E-state index contributed by atoms with van der Waals surface area (Å²) in [6, 6.07) is 10.4. The number of carbonyl (C=O) groups is 3. The summed E-state index contributed by atoms with van der Waals surface area (Å²) in [6.07, 6.45) is 1.83. The SMILES string of the molecule is O=C1N[C@@H](CCC(=O)N2CCC(c3noc4cc(F)ccc34)CC2)C(=O)Nc2ccccc21. The van der Waals surface area contributed by atoms with Crippen LogP contribution in [0.15, 0.2) is 47.0 Å². The fourth-order valence-corrected chi connectivity index (χ4v) is 4.57. The first kappa shape index (κ1) is 21.1. The Bertz CT molecular complexity index is 1230. The van der Waals surface area contributed by atoms with Gasteiger partial charge in [0.1, 0.15) is 11.9 Å². The van der Waals surface area contributed by atoms with Gasteiger partial charge in [0.25, 0.3) is 5.91 Å². The van der Waals surface area contributed by atoms with Gasteiger partial charge in [0.05, 0.1) is 16.9 Å². The van der Waals surface area contributed by atoms with Crippen molar-refractivity contribution >= 4 is 34.4 Å². The lowest BCUT2D eigenvalue weighted by Gasteiger charge is -2.31. The van der Waals surface area contributed by atoms with Crippen molar-refractivity contribution in [2.45, 2.75) is 37.6 Å². The molecule has 0 radical (unpaired) electrons. The molecule has 0 bridgehead atoms. The van der Waals surface area contributed by atoms with Crippen LogP contribution < -0.4 is 10.6 Å². The molecule has 3 aromatic rings. The van der Waals surface area contributed by atoms with Crippen molar-refractivity contribution in [2.24, 2.45) is 0 Å². The van der Waals surface area contributed by atoms with Crippen molar-refractivity contribution in [1.29, 1.82) is 0 Å². The minimum absolute atomic E-state index is 0.0515. The van der Waals surface area contributed by atoms with Crippen molar-refractivity contribution in [2.75, 3.05) is 18.4 Å². The summed E-state index contributed by atoms with van der Waals surface area (Å²) in [5, 5.41) is 10.4. The molecule has 2 aromatic carbocycles. The van der Waals surface area contributed by atoms with Crippen molar-refractivity contribution in [1.82, 2.24) is 15.4 Å². The van der Waals surface area contributed by atoms with Crippen LogP contribution >= 0.6 is 0 Å². The zero-order chi connectivity index (χ0) is 22.9. The van der Waals surface area contributed by atoms with Crippen LogP contribution in [0.5, 0.6) is 0 Å². The van der Waals surface area contributed by atoms with Gasteiger partial charge >= 0.3 is 0 Å². The molecule has 3 amide bonds. The summed E-state index contributed by atoms with van der Waals surface area (Å²) in [6.45, 7) is 1.13. The Labute approximate surface area is 189 Å². The van der Waals surface area contributed by atoms with Gasteiger partial charge in [-0.2, -0.15) is 0 Å². The van der Waals surface area contributed by atoms with Gasteiger partial charge in [-0.05, 0) is 43.5 Å². The summed E-state index contributed by atoms with van der Waals surface area (Å²) in [5.74, 6) is -0.945. The molecule has 0 unspecified atom stereocenters. The summed E-state index contributed by atoms with van der Waals surface area (Å²) in [5.41, 5.74) is 2.10. The maximum absolute atomic E-state index is 13.4. The molecule has 1 aromatic heterocycles. The average molecular weight is 450 g/mol. The third-order valence-corrected chi connectivity index (χ3v) is 6.39. The summed E-state index contributed by atoms with van der Waals surface area (Å²) < 4.78 is 18.7. The molecule has 2 N–H and O–H groups in total. The van der Waals surface area contributed by atoms with Crippen molar-refractivity contribution < 1.29 is 23.3 Å². The highest BCUT2D eigenvalue weighted by molar-refractivity contribution is 6.09. The van der Waals surface area contributed by atoms with E-state index >= 15 is 0 Å². The van der Waals surface area contributed by atoms with Gasteiger partial charge in [-0.15, -0.1) is 0 Å². The minimum Gasteiger partial charge on any atom is -0.356 e. The second kappa shape index (κ2) is 8.65. The molecular formula is C24H23FN4O4. The number of carbonyl (C=O) groups excluding carboxylic acids is 3. The Balaban J connectivity index is 1.16. The van der Waals surface area contributed by atoms with E-state index in [9.17, 15) is 18.8 Å². The zero-order valence-electron chi connectivity index (χ0n) is 17.8. The summed E-state index contributed by atoms with van der Waals surface area (Å²) in [7, 11) is 0. The van der Waals surface area contributed by atoms with Gasteiger partial charge in [-0.25, -0.2) is 4.39 Å². The van der Waals surface area contributed by atoms with Crippen molar-refractivity contribution in [3.05, 3.63) is 59.5 Å². The highest BCUT2D eigenvalue weighted by atomic mass is 19.1. The molecule has 5 rings (SSSR count). The largest absolute Gasteiger partial charge is 0.356 e. The Morgan fingerprint density at radius 3 is 2.76 bits per heavy atom. The average Bonchev–Trinajstić information content (AvgIpc) is 3.19. The van der Waals surface area contributed by atoms with Crippen LogP contribution in [0, 0.1) is 5.82 Å². The lowest BCUT2D eigenvalue weighted by Crippen LogP contribution is -2.43. The summed E-state index contributed by atoms with van der Waals surface area (Å²) in [4.78, 5) is 39.5. The quantitative estimate of drug-likeness (QED) is 0.635. The number of anilines is 1. The summed E-state index contributed by atoms with van der Waals surface area (Å²) >= 11 is 0. The number of nitrogens with one attached hydrogen (secondary N) is 2. The van der Waals surface area contributed by atoms with Crippen LogP contribution in [-0.2, 0) is 9.59 Å². The van der Waals surface area contributed by atoms with Crippen LogP contribution in [-0.4, -0.2) is 46.9 Å². The lowest BCUT2D eigenvalue weighted by atomic mass is 9.91. The standard InChI is InChI=1S/C24H23FN4O4/c25-15-5-6-17-20(13-15)33-28-22(17)14-9-11-29(12-10-14)21(30)8-7-19-24(32)26-18-4-2-1-3-16(18)23(31)27-19/h1-6,13-14,19H,7-12H2,(H,26,32)(H,27,31)/t19-/m0/s1. The van der Waals surface area contributed by atoms with Gasteiger partial charge in [-0.1, -0.05) is 17.3 Å². The maximum atomic E-state index is 13.4. The number of hydrogen-bond donors (Lipinski definition) is 2. The minimum atomic E-state index is -0.770. The molecule has 1 atom stereocenters. The van der Waals surface area contributed by atoms with Gasteiger partial charge in [0.2, 0.25) is 11.8 Å². The van der Waals surface area contributed by atoms with E-state index in [0.29, 0.717) is 29.9 Å². The zero-order valence-corrected chi connectivity index (χ0v) is 17.8. The van der Waals surface area contributed by atoms with E-state index in [1.54, 1.807) is 35.2 Å². The first-order valence-corrected chi connectivity index (χ1v) is 11.0. The third-order valence-electron chi connectivity index (χ3n) is 6.39. The van der Waals surface area contributed by atoms with E-state index in [1.807, 2.05) is 0 Å². The number of hydrogen-bond acceptors (Lipinski definition) is 5. The first-order chi connectivity index (χ1) is 16.0. The maximum Gasteiger partial charge on any atom is 0.254 e. The second-order valence-electron chi connectivity index (χ2n) is 8.46. The topological polar surface area (TPSA) is 105 Å². The van der Waals surface area contributed by atoms with Gasteiger partial charge in [-0.3, -0.25) is 14.4 Å². The Kier molecular flexibility index (Phi) is 5.53. The molecule has 2 aliphatic heterocycles. The molecule has 8 nitrogen and oxygen atoms in total. The third kappa shape index (κ3) is 4.18. The fourth-order valence-electron chi connectivity index (χ4n) is 4.57. The van der Waals surface area contributed by atoms with Crippen molar-refractivity contribution in [3.8, 4) is 0 Å². The van der Waals surface area contributed by atoms with Crippen LogP contribution in [0.3, 0.4) is 0 Å². The van der Waals surface area contributed by atoms with E-state index in [1.165, 1.54) is 12.1 Å². The Morgan fingerprint density at radius 2 is 1.94 bits per heavy atom. The Morgan fingerprint density at radius 1 is 1.15 bits per heavy atom. The predicted molar refractivity (Wildman–Crippen MR) is 118 cm³/mol. The van der Waals surface area contributed by atoms with Crippen LogP contribution in [0.2, 0.25) is 0 Å². The molecule has 0 spiro atoms. The molecule has 170 valence electrons. The number of rotatable bonds is 4. The van der Waals surface area contributed by atoms with E-state index in [0.717, 1.165) is 23.9 Å². The van der Waals surface area contributed by atoms with Crippen LogP contribution in [0.25, 0.3) is 11.0 Å². The smallest absolute Gasteiger partial charge is 0.254 e. The number of likely N-dealkylation sites (tertiary alicyclic amines) is 1. The first-order valence-electron chi connectivity index (χ1n) is 11.0. The highest BCUT2D eigenvalue weighted by Gasteiger charge is 2.30. The van der Waals surface area contributed by atoms with E-state index in [-0.39, 0.29) is 42.3 Å². The number of aromatic nitrogens is 1. The molecule has 0 saturated carbocycles. The number of benzene rings is 2. The number of piperidine rings is 1. The molecule has 9 heteroatoms. The number of amides is 3. The molecular weight excluding hydrogens is 427 g/mol. The predicted octanol–water partition coefficient (Wildman–Crippen LogP) is 3.20. The van der Waals surface area contributed by atoms with Crippen molar-refractivity contribution in [3.63, 3.8) is 0 Å². The van der Waals surface area contributed by atoms with Crippen LogP contribution in [0.1, 0.15) is 47.7 Å². The number of halogens is 1. The van der Waals surface area contributed by atoms with E-state index in [2.05, 4.69) is 15.8 Å². The number of fused-ring (bicyclic) bond motifs is 2. The van der Waals surface area contributed by atoms with E-state index < -0.39 is 6.04 Å². The monoisotopic (exact) mass is 450 g/mol. The lowest BCUT2D eigenvalue weighted by molar-refractivity contribution is -0.132. The normalized spacial score (nSPS) is 19.1. The highest BCUT2D eigenvalue weighted by Crippen LogP contribution is 2.33. The van der Waals surface area contributed by atoms with Gasteiger partial charge < -0.3 is 20.1 Å². The number of para-hydroxylation sites is 1.